The lowest BCUT2D eigenvalue weighted by atomic mass is 10.1. The van der Waals surface area contributed by atoms with Crippen molar-refractivity contribution in [2.24, 2.45) is 0 Å². The molecule has 0 saturated carbocycles. The lowest BCUT2D eigenvalue weighted by molar-refractivity contribution is -0.384. The molecule has 0 aliphatic carbocycles. The highest BCUT2D eigenvalue weighted by molar-refractivity contribution is 6.35. The van der Waals surface area contributed by atoms with Crippen molar-refractivity contribution in [2.45, 2.75) is 12.8 Å². The quantitative estimate of drug-likeness (QED) is 0.400. The number of carbonyl (C=O) groups is 2. The zero-order valence-electron chi connectivity index (χ0n) is 15.5. The van der Waals surface area contributed by atoms with Crippen LogP contribution in [0.2, 0.25) is 10.0 Å². The van der Waals surface area contributed by atoms with Crippen molar-refractivity contribution in [3.8, 4) is 11.5 Å². The van der Waals surface area contributed by atoms with Crippen LogP contribution in [0.3, 0.4) is 0 Å². The Balaban J connectivity index is 1.63. The molecule has 1 amide bonds. The number of carbonyl (C=O) groups excluding carboxylic acids is 2. The van der Waals surface area contributed by atoms with Gasteiger partial charge in [0, 0.05) is 22.5 Å². The fraction of sp³-hybridized carbons (Fsp3) is 0.263. The van der Waals surface area contributed by atoms with Gasteiger partial charge in [0.1, 0.15) is 5.69 Å². The molecule has 0 fully saturated rings. The van der Waals surface area contributed by atoms with Crippen molar-refractivity contribution in [1.82, 2.24) is 0 Å². The van der Waals surface area contributed by atoms with E-state index in [1.54, 1.807) is 12.1 Å². The molecule has 30 heavy (non-hydrogen) atoms. The first-order chi connectivity index (χ1) is 14.3. The van der Waals surface area contributed by atoms with E-state index in [-0.39, 0.29) is 29.3 Å². The summed E-state index contributed by atoms with van der Waals surface area (Å²) in [5, 5.41) is 14.4. The van der Waals surface area contributed by atoms with Crippen LogP contribution in [-0.4, -0.2) is 36.6 Å². The summed E-state index contributed by atoms with van der Waals surface area (Å²) < 4.78 is 15.8. The summed E-state index contributed by atoms with van der Waals surface area (Å²) >= 11 is 11.8. The summed E-state index contributed by atoms with van der Waals surface area (Å²) in [6, 6.07) is 7.14. The highest BCUT2D eigenvalue weighted by Gasteiger charge is 2.23. The van der Waals surface area contributed by atoms with Crippen molar-refractivity contribution in [2.75, 3.05) is 25.1 Å². The van der Waals surface area contributed by atoms with Gasteiger partial charge in [0.05, 0.1) is 30.6 Å². The number of nitro benzene ring substituents is 1. The number of rotatable bonds is 6. The second-order valence-electron chi connectivity index (χ2n) is 6.25. The number of hydrogen-bond acceptors (Lipinski definition) is 7. The van der Waals surface area contributed by atoms with Crippen LogP contribution < -0.4 is 14.8 Å². The number of ether oxygens (including phenoxy) is 3. The number of fused-ring (bicyclic) bond motifs is 1. The lowest BCUT2D eigenvalue weighted by Crippen LogP contribution is -2.22. The van der Waals surface area contributed by atoms with Crippen LogP contribution in [0.25, 0.3) is 0 Å². The number of esters is 1. The SMILES string of the molecule is O=C(COC(=O)Cc1ccc(Cl)cc1Cl)Nc1cc2c(cc1[N+](=O)[O-])OCCCO2. The van der Waals surface area contributed by atoms with Gasteiger partial charge in [-0.05, 0) is 17.7 Å². The van der Waals surface area contributed by atoms with Gasteiger partial charge < -0.3 is 19.5 Å². The van der Waals surface area contributed by atoms with Crippen LogP contribution in [0.5, 0.6) is 11.5 Å². The second kappa shape index (κ2) is 9.64. The van der Waals surface area contributed by atoms with Crippen molar-refractivity contribution in [1.29, 1.82) is 0 Å². The molecule has 0 unspecified atom stereocenters. The minimum Gasteiger partial charge on any atom is -0.489 e. The standard InChI is InChI=1S/C19H16Cl2N2O7/c20-12-3-2-11(13(21)7-12)6-19(25)30-10-18(24)22-14-8-16-17(9-15(14)23(26)27)29-5-1-4-28-16/h2-3,7-9H,1,4-6,10H2,(H,22,24). The molecular formula is C19H16Cl2N2O7. The molecule has 158 valence electrons. The van der Waals surface area contributed by atoms with Crippen LogP contribution in [0.1, 0.15) is 12.0 Å². The summed E-state index contributed by atoms with van der Waals surface area (Å²) in [5.41, 5.74) is 0.0305. The maximum Gasteiger partial charge on any atom is 0.310 e. The molecule has 0 atom stereocenters. The zero-order valence-corrected chi connectivity index (χ0v) is 17.0. The summed E-state index contributed by atoms with van der Waals surface area (Å²) in [4.78, 5) is 34.8. The van der Waals surface area contributed by atoms with E-state index in [4.69, 9.17) is 37.4 Å². The first-order valence-electron chi connectivity index (χ1n) is 8.81. The molecule has 0 radical (unpaired) electrons. The molecule has 0 spiro atoms. The number of nitrogens with one attached hydrogen (secondary N) is 1. The molecule has 1 heterocycles. The van der Waals surface area contributed by atoms with Crippen LogP contribution in [-0.2, 0) is 20.7 Å². The summed E-state index contributed by atoms with van der Waals surface area (Å²) in [6.07, 6.45) is 0.464. The van der Waals surface area contributed by atoms with E-state index >= 15 is 0 Å². The van der Waals surface area contributed by atoms with Crippen molar-refractivity contribution in [3.05, 3.63) is 56.1 Å². The van der Waals surface area contributed by atoms with Gasteiger partial charge in [-0.2, -0.15) is 0 Å². The smallest absolute Gasteiger partial charge is 0.310 e. The molecule has 0 saturated heterocycles. The average Bonchev–Trinajstić information content (AvgIpc) is 2.92. The normalized spacial score (nSPS) is 12.6. The second-order valence-corrected chi connectivity index (χ2v) is 7.09. The lowest BCUT2D eigenvalue weighted by Gasteiger charge is -2.11. The molecule has 0 aromatic heterocycles. The molecule has 9 nitrogen and oxygen atoms in total. The van der Waals surface area contributed by atoms with Crippen LogP contribution in [0.15, 0.2) is 30.3 Å². The molecule has 11 heteroatoms. The highest BCUT2D eigenvalue weighted by Crippen LogP contribution is 2.39. The first kappa shape index (κ1) is 21.7. The van der Waals surface area contributed by atoms with Gasteiger partial charge in [-0.25, -0.2) is 0 Å². The Hall–Kier alpha value is -3.04. The predicted molar refractivity (Wildman–Crippen MR) is 108 cm³/mol. The zero-order chi connectivity index (χ0) is 21.7. The molecule has 2 aromatic rings. The summed E-state index contributed by atoms with van der Waals surface area (Å²) in [6.45, 7) is 0.113. The Kier molecular flexibility index (Phi) is 6.96. The Morgan fingerprint density at radius 3 is 2.50 bits per heavy atom. The molecular weight excluding hydrogens is 439 g/mol. The largest absolute Gasteiger partial charge is 0.489 e. The number of benzene rings is 2. The van der Waals surface area contributed by atoms with Crippen molar-refractivity contribution in [3.63, 3.8) is 0 Å². The fourth-order valence-corrected chi connectivity index (χ4v) is 3.13. The third kappa shape index (κ3) is 5.52. The van der Waals surface area contributed by atoms with E-state index < -0.39 is 23.4 Å². The van der Waals surface area contributed by atoms with E-state index in [2.05, 4.69) is 5.32 Å². The van der Waals surface area contributed by atoms with E-state index in [9.17, 15) is 19.7 Å². The number of amides is 1. The molecule has 1 aliphatic rings. The maximum absolute atomic E-state index is 12.2. The van der Waals surface area contributed by atoms with E-state index in [0.717, 1.165) is 0 Å². The van der Waals surface area contributed by atoms with Crippen LogP contribution in [0, 0.1) is 10.1 Å². The van der Waals surface area contributed by atoms with Gasteiger partial charge in [-0.1, -0.05) is 29.3 Å². The molecule has 1 aliphatic heterocycles. The molecule has 3 rings (SSSR count). The third-order valence-electron chi connectivity index (χ3n) is 4.05. The van der Waals surface area contributed by atoms with Crippen LogP contribution in [0.4, 0.5) is 11.4 Å². The minimum atomic E-state index is -0.747. The Labute approximate surface area is 181 Å². The van der Waals surface area contributed by atoms with Gasteiger partial charge in [0.15, 0.2) is 18.1 Å². The summed E-state index contributed by atoms with van der Waals surface area (Å²) in [7, 11) is 0. The summed E-state index contributed by atoms with van der Waals surface area (Å²) in [5.74, 6) is -0.933. The molecule has 0 bridgehead atoms. The number of nitro groups is 1. The number of halogens is 2. The van der Waals surface area contributed by atoms with Gasteiger partial charge in [-0.15, -0.1) is 0 Å². The third-order valence-corrected chi connectivity index (χ3v) is 4.64. The topological polar surface area (TPSA) is 117 Å². The van der Waals surface area contributed by atoms with Gasteiger partial charge in [0.2, 0.25) is 0 Å². The Morgan fingerprint density at radius 1 is 1.13 bits per heavy atom. The number of nitrogens with zero attached hydrogens (tertiary/aromatic N) is 1. The van der Waals surface area contributed by atoms with E-state index in [1.807, 2.05) is 0 Å². The first-order valence-corrected chi connectivity index (χ1v) is 9.56. The van der Waals surface area contributed by atoms with Crippen molar-refractivity contribution >= 4 is 46.5 Å². The Bertz CT molecular complexity index is 997. The number of hydrogen-bond donors (Lipinski definition) is 1. The molecule has 1 N–H and O–H groups in total. The Morgan fingerprint density at radius 2 is 1.83 bits per heavy atom. The van der Waals surface area contributed by atoms with Gasteiger partial charge in [0.25, 0.3) is 11.6 Å². The number of anilines is 1. The van der Waals surface area contributed by atoms with Gasteiger partial charge in [-0.3, -0.25) is 19.7 Å². The minimum absolute atomic E-state index is 0.0916. The molecule has 2 aromatic carbocycles. The monoisotopic (exact) mass is 454 g/mol. The van der Waals surface area contributed by atoms with Crippen LogP contribution >= 0.6 is 23.2 Å². The fourth-order valence-electron chi connectivity index (χ4n) is 2.65. The van der Waals surface area contributed by atoms with Gasteiger partial charge >= 0.3 is 5.97 Å². The highest BCUT2D eigenvalue weighted by atomic mass is 35.5. The predicted octanol–water partition coefficient (Wildman–Crippen LogP) is 3.79. The average molecular weight is 455 g/mol. The maximum atomic E-state index is 12.2. The van der Waals surface area contributed by atoms with Crippen molar-refractivity contribution < 1.29 is 28.7 Å². The van der Waals surface area contributed by atoms with E-state index in [0.29, 0.717) is 35.2 Å². The van der Waals surface area contributed by atoms with E-state index in [1.165, 1.54) is 18.2 Å².